The van der Waals surface area contributed by atoms with E-state index in [1.807, 2.05) is 24.3 Å². The number of rotatable bonds is 9. The number of aromatic nitrogens is 3. The van der Waals surface area contributed by atoms with Crippen molar-refractivity contribution in [2.24, 2.45) is 0 Å². The molecule has 0 amide bonds. The SMILES string of the molecule is C=C(C)C(=O)OCCc1ccc(OC(=O)CCC(=O)OC)c(-n2nc3ccccc3n2)c1. The van der Waals surface area contributed by atoms with Crippen molar-refractivity contribution in [2.75, 3.05) is 13.7 Å². The van der Waals surface area contributed by atoms with Gasteiger partial charge < -0.3 is 14.2 Å². The van der Waals surface area contributed by atoms with E-state index >= 15 is 0 Å². The fourth-order valence-electron chi connectivity index (χ4n) is 2.79. The van der Waals surface area contributed by atoms with Crippen LogP contribution in [0.2, 0.25) is 0 Å². The summed E-state index contributed by atoms with van der Waals surface area (Å²) >= 11 is 0. The van der Waals surface area contributed by atoms with Crippen molar-refractivity contribution >= 4 is 28.9 Å². The molecule has 32 heavy (non-hydrogen) atoms. The first-order valence-corrected chi connectivity index (χ1v) is 9.93. The van der Waals surface area contributed by atoms with Crippen molar-refractivity contribution in [1.82, 2.24) is 15.0 Å². The van der Waals surface area contributed by atoms with E-state index in [-0.39, 0.29) is 25.2 Å². The Morgan fingerprint density at radius 1 is 1.00 bits per heavy atom. The summed E-state index contributed by atoms with van der Waals surface area (Å²) in [5.41, 5.74) is 2.95. The van der Waals surface area contributed by atoms with Gasteiger partial charge in [0.2, 0.25) is 0 Å². The molecule has 0 spiro atoms. The van der Waals surface area contributed by atoms with Gasteiger partial charge in [-0.3, -0.25) is 9.59 Å². The molecule has 1 aromatic heterocycles. The van der Waals surface area contributed by atoms with Crippen LogP contribution in [0.4, 0.5) is 0 Å². The van der Waals surface area contributed by atoms with Gasteiger partial charge in [0.05, 0.1) is 26.6 Å². The van der Waals surface area contributed by atoms with Gasteiger partial charge in [0.15, 0.2) is 5.75 Å². The summed E-state index contributed by atoms with van der Waals surface area (Å²) in [4.78, 5) is 36.5. The zero-order valence-electron chi connectivity index (χ0n) is 17.9. The smallest absolute Gasteiger partial charge is 0.333 e. The first kappa shape index (κ1) is 22.7. The van der Waals surface area contributed by atoms with Crippen LogP contribution < -0.4 is 4.74 Å². The molecule has 0 radical (unpaired) electrons. The van der Waals surface area contributed by atoms with E-state index in [1.54, 1.807) is 25.1 Å². The topological polar surface area (TPSA) is 110 Å². The highest BCUT2D eigenvalue weighted by Crippen LogP contribution is 2.25. The lowest BCUT2D eigenvalue weighted by Crippen LogP contribution is -2.14. The Balaban J connectivity index is 1.84. The van der Waals surface area contributed by atoms with Crippen molar-refractivity contribution in [3.8, 4) is 11.4 Å². The maximum atomic E-state index is 12.2. The van der Waals surface area contributed by atoms with Crippen molar-refractivity contribution in [1.29, 1.82) is 0 Å². The number of methoxy groups -OCH3 is 1. The molecule has 0 N–H and O–H groups in total. The molecule has 166 valence electrons. The molecule has 0 unspecified atom stereocenters. The van der Waals surface area contributed by atoms with E-state index in [4.69, 9.17) is 9.47 Å². The number of carbonyl (C=O) groups is 3. The Kier molecular flexibility index (Phi) is 7.33. The molecule has 0 aliphatic carbocycles. The third-order valence-electron chi connectivity index (χ3n) is 4.48. The van der Waals surface area contributed by atoms with Crippen molar-refractivity contribution in [3.63, 3.8) is 0 Å². The van der Waals surface area contributed by atoms with Crippen LogP contribution in [0.25, 0.3) is 16.7 Å². The minimum absolute atomic E-state index is 0.0826. The predicted octanol–water partition coefficient (Wildman–Crippen LogP) is 2.94. The molecule has 0 saturated carbocycles. The second-order valence-corrected chi connectivity index (χ2v) is 7.00. The van der Waals surface area contributed by atoms with Gasteiger partial charge in [-0.15, -0.1) is 15.0 Å². The Bertz CT molecular complexity index is 1130. The third-order valence-corrected chi connectivity index (χ3v) is 4.48. The van der Waals surface area contributed by atoms with Gasteiger partial charge in [0, 0.05) is 12.0 Å². The van der Waals surface area contributed by atoms with Gasteiger partial charge in [-0.2, -0.15) is 0 Å². The summed E-state index contributed by atoms with van der Waals surface area (Å²) in [6.45, 7) is 5.30. The molecule has 0 atom stereocenters. The van der Waals surface area contributed by atoms with Crippen LogP contribution in [-0.4, -0.2) is 46.6 Å². The number of esters is 3. The summed E-state index contributed by atoms with van der Waals surface area (Å²) in [6.07, 6.45) is 0.226. The van der Waals surface area contributed by atoms with Crippen LogP contribution in [0.15, 0.2) is 54.6 Å². The van der Waals surface area contributed by atoms with Crippen LogP contribution in [0, 0.1) is 0 Å². The quantitative estimate of drug-likeness (QED) is 0.286. The number of fused-ring (bicyclic) bond motifs is 1. The second-order valence-electron chi connectivity index (χ2n) is 7.00. The van der Waals surface area contributed by atoms with Crippen LogP contribution in [-0.2, 0) is 30.3 Å². The van der Waals surface area contributed by atoms with E-state index < -0.39 is 17.9 Å². The number of nitrogens with zero attached hydrogens (tertiary/aromatic N) is 3. The highest BCUT2D eigenvalue weighted by atomic mass is 16.5. The van der Waals surface area contributed by atoms with Gasteiger partial charge in [0.25, 0.3) is 0 Å². The predicted molar refractivity (Wildman–Crippen MR) is 115 cm³/mol. The average molecular weight is 437 g/mol. The molecular weight excluding hydrogens is 414 g/mol. The molecule has 0 aliphatic rings. The zero-order chi connectivity index (χ0) is 23.1. The minimum Gasteiger partial charge on any atom is -0.469 e. The Morgan fingerprint density at radius 2 is 1.66 bits per heavy atom. The summed E-state index contributed by atoms with van der Waals surface area (Å²) in [5, 5.41) is 8.91. The maximum absolute atomic E-state index is 12.2. The number of carbonyl (C=O) groups excluding carboxylic acids is 3. The molecule has 9 heteroatoms. The molecule has 3 rings (SSSR count). The van der Waals surface area contributed by atoms with E-state index in [0.717, 1.165) is 5.56 Å². The molecule has 3 aromatic rings. The fraction of sp³-hybridized carbons (Fsp3) is 0.261. The minimum atomic E-state index is -0.587. The normalized spacial score (nSPS) is 10.6. The van der Waals surface area contributed by atoms with Gasteiger partial charge >= 0.3 is 17.9 Å². The second kappa shape index (κ2) is 10.3. The molecule has 1 heterocycles. The van der Waals surface area contributed by atoms with Crippen molar-refractivity contribution in [3.05, 3.63) is 60.2 Å². The van der Waals surface area contributed by atoms with Crippen LogP contribution in [0.5, 0.6) is 5.75 Å². The number of benzene rings is 2. The lowest BCUT2D eigenvalue weighted by Gasteiger charge is -2.12. The van der Waals surface area contributed by atoms with E-state index in [2.05, 4.69) is 21.5 Å². The Labute approximate surface area is 184 Å². The highest BCUT2D eigenvalue weighted by molar-refractivity contribution is 5.86. The monoisotopic (exact) mass is 437 g/mol. The lowest BCUT2D eigenvalue weighted by molar-refractivity contribution is -0.144. The first-order chi connectivity index (χ1) is 15.4. The van der Waals surface area contributed by atoms with E-state index in [0.29, 0.717) is 28.7 Å². The third kappa shape index (κ3) is 5.78. The van der Waals surface area contributed by atoms with Crippen LogP contribution >= 0.6 is 0 Å². The summed E-state index contributed by atoms with van der Waals surface area (Å²) in [7, 11) is 1.26. The molecule has 2 aromatic carbocycles. The molecule has 9 nitrogen and oxygen atoms in total. The molecule has 0 bridgehead atoms. The molecule has 0 fully saturated rings. The molecule has 0 aliphatic heterocycles. The van der Waals surface area contributed by atoms with Crippen molar-refractivity contribution < 1.29 is 28.6 Å². The van der Waals surface area contributed by atoms with Crippen LogP contribution in [0.1, 0.15) is 25.3 Å². The molecule has 0 saturated heterocycles. The Morgan fingerprint density at radius 3 is 2.28 bits per heavy atom. The summed E-state index contributed by atoms with van der Waals surface area (Å²) in [6, 6.07) is 12.5. The fourth-order valence-corrected chi connectivity index (χ4v) is 2.79. The van der Waals surface area contributed by atoms with E-state index in [9.17, 15) is 14.4 Å². The number of ether oxygens (including phenoxy) is 3. The largest absolute Gasteiger partial charge is 0.469 e. The van der Waals surface area contributed by atoms with Gasteiger partial charge in [-0.1, -0.05) is 24.8 Å². The summed E-state index contributed by atoms with van der Waals surface area (Å²) < 4.78 is 15.2. The number of hydrogen-bond donors (Lipinski definition) is 0. The maximum Gasteiger partial charge on any atom is 0.333 e. The van der Waals surface area contributed by atoms with Gasteiger partial charge in [0.1, 0.15) is 16.7 Å². The highest BCUT2D eigenvalue weighted by Gasteiger charge is 2.16. The average Bonchev–Trinajstić information content (AvgIpc) is 3.22. The molecular formula is C23H23N3O6. The lowest BCUT2D eigenvalue weighted by atomic mass is 10.1. The van der Waals surface area contributed by atoms with E-state index in [1.165, 1.54) is 11.9 Å². The summed E-state index contributed by atoms with van der Waals surface area (Å²) in [5.74, 6) is -1.30. The Hall–Kier alpha value is -4.01. The first-order valence-electron chi connectivity index (χ1n) is 9.93. The van der Waals surface area contributed by atoms with Gasteiger partial charge in [-0.25, -0.2) is 4.79 Å². The standard InChI is InChI=1S/C23H23N3O6/c1-15(2)23(29)31-13-12-16-8-9-20(32-22(28)11-10-21(27)30-3)19(14-16)26-24-17-6-4-5-7-18(17)25-26/h4-9,14H,1,10-13H2,2-3H3. The van der Waals surface area contributed by atoms with Gasteiger partial charge in [-0.05, 0) is 36.8 Å². The van der Waals surface area contributed by atoms with Crippen molar-refractivity contribution in [2.45, 2.75) is 26.2 Å². The van der Waals surface area contributed by atoms with Crippen LogP contribution in [0.3, 0.4) is 0 Å². The number of hydrogen-bond acceptors (Lipinski definition) is 8. The zero-order valence-corrected chi connectivity index (χ0v) is 17.9.